The molecule has 1 N–H and O–H groups in total. The zero-order chi connectivity index (χ0) is 13.2. The van der Waals surface area contributed by atoms with Crippen LogP contribution in [0.15, 0.2) is 30.3 Å². The number of carbonyl (C=O) groups excluding carboxylic acids is 1. The van der Waals surface area contributed by atoms with Crippen LogP contribution in [-0.4, -0.2) is 24.3 Å². The van der Waals surface area contributed by atoms with Gasteiger partial charge in [-0.3, -0.25) is 4.79 Å². The molecule has 0 bridgehead atoms. The average molecular weight is 250 g/mol. The van der Waals surface area contributed by atoms with Crippen molar-refractivity contribution in [2.75, 3.05) is 13.2 Å². The SMILES string of the molecule is CCOC(=O)C(CCCCO)Cc1ccccc1. The van der Waals surface area contributed by atoms with Gasteiger partial charge in [-0.2, -0.15) is 0 Å². The first-order valence-electron chi connectivity index (χ1n) is 6.59. The van der Waals surface area contributed by atoms with Crippen molar-refractivity contribution in [3.05, 3.63) is 35.9 Å². The summed E-state index contributed by atoms with van der Waals surface area (Å²) in [6.07, 6.45) is 3.08. The third kappa shape index (κ3) is 5.32. The van der Waals surface area contributed by atoms with Crippen molar-refractivity contribution < 1.29 is 14.6 Å². The molecular weight excluding hydrogens is 228 g/mol. The summed E-state index contributed by atoms with van der Waals surface area (Å²) < 4.78 is 5.11. The molecule has 0 saturated heterocycles. The standard InChI is InChI=1S/C15H22O3/c1-2-18-15(17)14(10-6-7-11-16)12-13-8-4-3-5-9-13/h3-5,8-9,14,16H,2,6-7,10-12H2,1H3. The van der Waals surface area contributed by atoms with Gasteiger partial charge in [-0.15, -0.1) is 0 Å². The molecule has 18 heavy (non-hydrogen) atoms. The van der Waals surface area contributed by atoms with E-state index in [1.807, 2.05) is 37.3 Å². The third-order valence-electron chi connectivity index (χ3n) is 2.91. The van der Waals surface area contributed by atoms with E-state index in [-0.39, 0.29) is 18.5 Å². The minimum Gasteiger partial charge on any atom is -0.466 e. The lowest BCUT2D eigenvalue weighted by molar-refractivity contribution is -0.148. The maximum absolute atomic E-state index is 11.9. The molecule has 3 nitrogen and oxygen atoms in total. The van der Waals surface area contributed by atoms with E-state index < -0.39 is 0 Å². The summed E-state index contributed by atoms with van der Waals surface area (Å²) in [5.41, 5.74) is 1.15. The molecule has 0 aromatic heterocycles. The van der Waals surface area contributed by atoms with Gasteiger partial charge in [-0.05, 0) is 31.7 Å². The van der Waals surface area contributed by atoms with Crippen LogP contribution >= 0.6 is 0 Å². The molecular formula is C15H22O3. The number of rotatable bonds is 8. The Morgan fingerprint density at radius 2 is 2.00 bits per heavy atom. The maximum atomic E-state index is 11.9. The number of aliphatic hydroxyl groups excluding tert-OH is 1. The largest absolute Gasteiger partial charge is 0.466 e. The van der Waals surface area contributed by atoms with Crippen LogP contribution in [0.3, 0.4) is 0 Å². The van der Waals surface area contributed by atoms with Crippen LogP contribution in [-0.2, 0) is 16.0 Å². The van der Waals surface area contributed by atoms with Gasteiger partial charge in [0.1, 0.15) is 0 Å². The van der Waals surface area contributed by atoms with Crippen molar-refractivity contribution in [1.82, 2.24) is 0 Å². The predicted octanol–water partition coefficient (Wildman–Crippen LogP) is 2.57. The van der Waals surface area contributed by atoms with Gasteiger partial charge in [0.05, 0.1) is 12.5 Å². The summed E-state index contributed by atoms with van der Waals surface area (Å²) in [4.78, 5) is 11.9. The highest BCUT2D eigenvalue weighted by atomic mass is 16.5. The van der Waals surface area contributed by atoms with Crippen LogP contribution < -0.4 is 0 Å². The van der Waals surface area contributed by atoms with Gasteiger partial charge < -0.3 is 9.84 Å². The van der Waals surface area contributed by atoms with Crippen LogP contribution in [0.4, 0.5) is 0 Å². The van der Waals surface area contributed by atoms with Crippen LogP contribution in [0, 0.1) is 5.92 Å². The van der Waals surface area contributed by atoms with E-state index in [9.17, 15) is 4.79 Å². The van der Waals surface area contributed by atoms with E-state index in [1.165, 1.54) is 0 Å². The molecule has 1 aromatic carbocycles. The highest BCUT2D eigenvalue weighted by Gasteiger charge is 2.19. The molecule has 1 unspecified atom stereocenters. The number of aliphatic hydroxyl groups is 1. The summed E-state index contributed by atoms with van der Waals surface area (Å²) in [5.74, 6) is -0.224. The molecule has 0 saturated carbocycles. The second kappa shape index (κ2) is 8.70. The fourth-order valence-electron chi connectivity index (χ4n) is 1.96. The molecule has 1 aromatic rings. The molecule has 3 heteroatoms. The molecule has 0 radical (unpaired) electrons. The molecule has 0 aliphatic carbocycles. The number of hydrogen-bond acceptors (Lipinski definition) is 3. The molecule has 1 rings (SSSR count). The number of hydrogen-bond donors (Lipinski definition) is 1. The predicted molar refractivity (Wildman–Crippen MR) is 71.2 cm³/mol. The normalized spacial score (nSPS) is 12.1. The van der Waals surface area contributed by atoms with Gasteiger partial charge in [0.2, 0.25) is 0 Å². The number of benzene rings is 1. The van der Waals surface area contributed by atoms with Crippen molar-refractivity contribution in [3.8, 4) is 0 Å². The molecule has 0 fully saturated rings. The Balaban J connectivity index is 2.56. The molecule has 100 valence electrons. The van der Waals surface area contributed by atoms with Crippen LogP contribution in [0.2, 0.25) is 0 Å². The Morgan fingerprint density at radius 3 is 2.61 bits per heavy atom. The van der Waals surface area contributed by atoms with Gasteiger partial charge >= 0.3 is 5.97 Å². The lowest BCUT2D eigenvalue weighted by atomic mass is 9.94. The zero-order valence-corrected chi connectivity index (χ0v) is 11.0. The molecule has 0 spiro atoms. The number of ether oxygens (including phenoxy) is 1. The van der Waals surface area contributed by atoms with Crippen LogP contribution in [0.25, 0.3) is 0 Å². The number of carbonyl (C=O) groups is 1. The van der Waals surface area contributed by atoms with Gasteiger partial charge in [-0.1, -0.05) is 36.8 Å². The monoisotopic (exact) mass is 250 g/mol. The van der Waals surface area contributed by atoms with Gasteiger partial charge in [-0.25, -0.2) is 0 Å². The van der Waals surface area contributed by atoms with Crippen molar-refractivity contribution in [2.45, 2.75) is 32.6 Å². The van der Waals surface area contributed by atoms with Gasteiger partial charge in [0, 0.05) is 6.61 Å². The summed E-state index contributed by atoms with van der Waals surface area (Å²) in [7, 11) is 0. The minimum atomic E-state index is -0.126. The highest BCUT2D eigenvalue weighted by Crippen LogP contribution is 2.17. The van der Waals surface area contributed by atoms with E-state index in [4.69, 9.17) is 9.84 Å². The van der Waals surface area contributed by atoms with E-state index in [1.54, 1.807) is 0 Å². The van der Waals surface area contributed by atoms with Crippen molar-refractivity contribution >= 4 is 5.97 Å². The van der Waals surface area contributed by atoms with Crippen LogP contribution in [0.1, 0.15) is 31.7 Å². The molecule has 0 amide bonds. The molecule has 0 heterocycles. The fraction of sp³-hybridized carbons (Fsp3) is 0.533. The van der Waals surface area contributed by atoms with Crippen LogP contribution in [0.5, 0.6) is 0 Å². The lowest BCUT2D eigenvalue weighted by Crippen LogP contribution is -2.20. The van der Waals surface area contributed by atoms with E-state index in [2.05, 4.69) is 0 Å². The summed E-state index contributed by atoms with van der Waals surface area (Å²) in [5, 5.41) is 8.79. The van der Waals surface area contributed by atoms with E-state index >= 15 is 0 Å². The summed E-state index contributed by atoms with van der Waals surface area (Å²) in [6.45, 7) is 2.43. The summed E-state index contributed by atoms with van der Waals surface area (Å²) >= 11 is 0. The third-order valence-corrected chi connectivity index (χ3v) is 2.91. The molecule has 1 atom stereocenters. The average Bonchev–Trinajstić information content (AvgIpc) is 2.39. The first-order chi connectivity index (χ1) is 8.77. The number of esters is 1. The first-order valence-corrected chi connectivity index (χ1v) is 6.59. The molecule has 0 aliphatic heterocycles. The Morgan fingerprint density at radius 1 is 1.28 bits per heavy atom. The van der Waals surface area contributed by atoms with Gasteiger partial charge in [0.15, 0.2) is 0 Å². The van der Waals surface area contributed by atoms with Crippen molar-refractivity contribution in [3.63, 3.8) is 0 Å². The quantitative estimate of drug-likeness (QED) is 0.570. The maximum Gasteiger partial charge on any atom is 0.309 e. The van der Waals surface area contributed by atoms with Crippen molar-refractivity contribution in [2.24, 2.45) is 5.92 Å². The number of unbranched alkanes of at least 4 members (excludes halogenated alkanes) is 1. The smallest absolute Gasteiger partial charge is 0.309 e. The minimum absolute atomic E-state index is 0.0982. The summed E-state index contributed by atoms with van der Waals surface area (Å²) in [6, 6.07) is 9.97. The highest BCUT2D eigenvalue weighted by molar-refractivity contribution is 5.72. The Bertz CT molecular complexity index is 335. The Labute approximate surface area is 109 Å². The Hall–Kier alpha value is -1.35. The molecule has 0 aliphatic rings. The fourth-order valence-corrected chi connectivity index (χ4v) is 1.96. The second-order valence-electron chi connectivity index (χ2n) is 4.36. The topological polar surface area (TPSA) is 46.5 Å². The first kappa shape index (κ1) is 14.7. The second-order valence-corrected chi connectivity index (χ2v) is 4.36. The zero-order valence-electron chi connectivity index (χ0n) is 11.0. The van der Waals surface area contributed by atoms with Crippen molar-refractivity contribution in [1.29, 1.82) is 0 Å². The lowest BCUT2D eigenvalue weighted by Gasteiger charge is -2.15. The van der Waals surface area contributed by atoms with E-state index in [0.29, 0.717) is 13.0 Å². The van der Waals surface area contributed by atoms with Gasteiger partial charge in [0.25, 0.3) is 0 Å². The Kier molecular flexibility index (Phi) is 7.11. The van der Waals surface area contributed by atoms with E-state index in [0.717, 1.165) is 24.8 Å².